The molecule has 1 fully saturated rings. The highest BCUT2D eigenvalue weighted by Gasteiger charge is 2.28. The number of nitrogens with one attached hydrogen (secondary N) is 1. The number of anilines is 2. The normalized spacial score (nSPS) is 15.5. The van der Waals surface area contributed by atoms with Crippen molar-refractivity contribution in [2.45, 2.75) is 59.4 Å². The number of hydrogen-bond donors (Lipinski definition) is 1. The van der Waals surface area contributed by atoms with E-state index in [1.165, 1.54) is 0 Å². The van der Waals surface area contributed by atoms with Crippen molar-refractivity contribution >= 4 is 17.4 Å². The first kappa shape index (κ1) is 23.0. The lowest BCUT2D eigenvalue weighted by molar-refractivity contribution is -0.136. The number of amides is 1. The number of aryl methyl sites for hydroxylation is 3. The number of aromatic nitrogens is 4. The van der Waals surface area contributed by atoms with Crippen LogP contribution >= 0.6 is 0 Å². The molecule has 7 nitrogen and oxygen atoms in total. The summed E-state index contributed by atoms with van der Waals surface area (Å²) in [5.74, 6) is 2.40. The second kappa shape index (κ2) is 10.1. The van der Waals surface area contributed by atoms with Crippen LogP contribution in [0, 0.1) is 19.8 Å². The number of nitrogens with zero attached hydrogens (tertiary/aromatic N) is 5. The van der Waals surface area contributed by atoms with Crippen LogP contribution in [0.25, 0.3) is 0 Å². The number of carbonyl (C=O) groups is 1. The van der Waals surface area contributed by atoms with Crippen LogP contribution in [-0.2, 0) is 17.8 Å². The van der Waals surface area contributed by atoms with Gasteiger partial charge in [-0.3, -0.25) is 9.78 Å². The summed E-state index contributed by atoms with van der Waals surface area (Å²) >= 11 is 0. The summed E-state index contributed by atoms with van der Waals surface area (Å²) in [6.45, 7) is 10.4. The standard InChI is InChI=1S/C26H34N6O/c1-5-25-27-11-14-32(25)17-18(2)26(33)31-12-9-21(10-13-31)23-16-22(15-20(4)28-23)30-24-8-6-7-19(3)29-24/h6-8,11,14-16,18,21H,5,9-10,12-13,17H2,1-4H3,(H,28,29,30)/t18-/m1/s1. The number of hydrogen-bond acceptors (Lipinski definition) is 5. The summed E-state index contributed by atoms with van der Waals surface area (Å²) in [5.41, 5.74) is 4.07. The number of rotatable bonds is 7. The van der Waals surface area contributed by atoms with Gasteiger partial charge in [-0.1, -0.05) is 19.9 Å². The van der Waals surface area contributed by atoms with Gasteiger partial charge in [-0.05, 0) is 51.0 Å². The third kappa shape index (κ3) is 5.59. The molecule has 1 aliphatic heterocycles. The molecule has 0 unspecified atom stereocenters. The molecule has 4 rings (SSSR count). The van der Waals surface area contributed by atoms with Crippen molar-refractivity contribution in [1.29, 1.82) is 0 Å². The molecule has 3 aromatic heterocycles. The molecule has 1 N–H and O–H groups in total. The molecule has 3 aromatic rings. The second-order valence-corrected chi connectivity index (χ2v) is 9.06. The number of pyridine rings is 2. The molecular weight excluding hydrogens is 412 g/mol. The predicted octanol–water partition coefficient (Wildman–Crippen LogP) is 4.64. The molecule has 33 heavy (non-hydrogen) atoms. The van der Waals surface area contributed by atoms with E-state index in [4.69, 9.17) is 4.98 Å². The van der Waals surface area contributed by atoms with Crippen molar-refractivity contribution in [2.24, 2.45) is 5.92 Å². The van der Waals surface area contributed by atoms with Crippen LogP contribution in [0.5, 0.6) is 0 Å². The van der Waals surface area contributed by atoms with Crippen LogP contribution in [0.15, 0.2) is 42.7 Å². The number of likely N-dealkylation sites (tertiary alicyclic amines) is 1. The summed E-state index contributed by atoms with van der Waals surface area (Å²) in [6, 6.07) is 10.1. The Kier molecular flexibility index (Phi) is 7.06. The van der Waals surface area contributed by atoms with E-state index in [2.05, 4.69) is 38.9 Å². The van der Waals surface area contributed by atoms with E-state index in [9.17, 15) is 4.79 Å². The number of imidazole rings is 1. The maximum absolute atomic E-state index is 13.1. The molecule has 0 spiro atoms. The van der Waals surface area contributed by atoms with Crippen molar-refractivity contribution < 1.29 is 4.79 Å². The van der Waals surface area contributed by atoms with Gasteiger partial charge in [0, 0.05) is 67.1 Å². The monoisotopic (exact) mass is 446 g/mol. The lowest BCUT2D eigenvalue weighted by atomic mass is 9.92. The maximum atomic E-state index is 13.1. The molecule has 0 bridgehead atoms. The van der Waals surface area contributed by atoms with Crippen LogP contribution in [0.1, 0.15) is 55.5 Å². The average Bonchev–Trinajstić information content (AvgIpc) is 3.25. The van der Waals surface area contributed by atoms with E-state index in [0.717, 1.165) is 66.8 Å². The molecule has 0 aliphatic carbocycles. The Morgan fingerprint density at radius 1 is 1.15 bits per heavy atom. The van der Waals surface area contributed by atoms with Gasteiger partial charge in [0.05, 0.1) is 5.92 Å². The maximum Gasteiger partial charge on any atom is 0.227 e. The van der Waals surface area contributed by atoms with Gasteiger partial charge in [0.2, 0.25) is 5.91 Å². The van der Waals surface area contributed by atoms with Crippen LogP contribution in [0.3, 0.4) is 0 Å². The van der Waals surface area contributed by atoms with E-state index in [0.29, 0.717) is 12.5 Å². The molecular formula is C26H34N6O. The van der Waals surface area contributed by atoms with E-state index in [-0.39, 0.29) is 11.8 Å². The Morgan fingerprint density at radius 2 is 1.94 bits per heavy atom. The third-order valence-electron chi connectivity index (χ3n) is 6.37. The van der Waals surface area contributed by atoms with Crippen LogP contribution < -0.4 is 5.32 Å². The van der Waals surface area contributed by atoms with E-state index < -0.39 is 0 Å². The van der Waals surface area contributed by atoms with Crippen LogP contribution in [-0.4, -0.2) is 43.4 Å². The molecule has 0 saturated carbocycles. The zero-order valence-electron chi connectivity index (χ0n) is 20.1. The first-order chi connectivity index (χ1) is 15.9. The Balaban J connectivity index is 1.37. The van der Waals surface area contributed by atoms with Gasteiger partial charge in [-0.2, -0.15) is 0 Å². The smallest absolute Gasteiger partial charge is 0.227 e. The predicted molar refractivity (Wildman–Crippen MR) is 131 cm³/mol. The highest BCUT2D eigenvalue weighted by molar-refractivity contribution is 5.78. The molecule has 0 radical (unpaired) electrons. The zero-order valence-corrected chi connectivity index (χ0v) is 20.1. The second-order valence-electron chi connectivity index (χ2n) is 9.06. The fourth-order valence-corrected chi connectivity index (χ4v) is 4.64. The molecule has 1 saturated heterocycles. The minimum absolute atomic E-state index is 0.0595. The summed E-state index contributed by atoms with van der Waals surface area (Å²) < 4.78 is 2.10. The fraction of sp³-hybridized carbons (Fsp3) is 0.462. The highest BCUT2D eigenvalue weighted by Crippen LogP contribution is 2.30. The molecule has 174 valence electrons. The molecule has 1 amide bonds. The van der Waals surface area contributed by atoms with E-state index >= 15 is 0 Å². The van der Waals surface area contributed by atoms with E-state index in [1.807, 2.05) is 56.3 Å². The van der Waals surface area contributed by atoms with Crippen molar-refractivity contribution in [2.75, 3.05) is 18.4 Å². The van der Waals surface area contributed by atoms with Gasteiger partial charge >= 0.3 is 0 Å². The van der Waals surface area contributed by atoms with Gasteiger partial charge in [-0.15, -0.1) is 0 Å². The van der Waals surface area contributed by atoms with Gasteiger partial charge in [0.15, 0.2) is 0 Å². The fourth-order valence-electron chi connectivity index (χ4n) is 4.64. The van der Waals surface area contributed by atoms with Crippen LogP contribution in [0.4, 0.5) is 11.5 Å². The third-order valence-corrected chi connectivity index (χ3v) is 6.37. The first-order valence-corrected chi connectivity index (χ1v) is 11.9. The Bertz CT molecular complexity index is 1100. The van der Waals surface area contributed by atoms with E-state index in [1.54, 1.807) is 0 Å². The number of piperidine rings is 1. The summed E-state index contributed by atoms with van der Waals surface area (Å²) in [4.78, 5) is 28.8. The quantitative estimate of drug-likeness (QED) is 0.572. The summed E-state index contributed by atoms with van der Waals surface area (Å²) in [5, 5.41) is 3.41. The van der Waals surface area contributed by atoms with Gasteiger partial charge in [0.25, 0.3) is 0 Å². The molecule has 7 heteroatoms. The molecule has 4 heterocycles. The summed E-state index contributed by atoms with van der Waals surface area (Å²) in [7, 11) is 0. The molecule has 0 aromatic carbocycles. The molecule has 1 aliphatic rings. The Morgan fingerprint density at radius 3 is 2.67 bits per heavy atom. The van der Waals surface area contributed by atoms with Crippen molar-refractivity contribution in [3.8, 4) is 0 Å². The van der Waals surface area contributed by atoms with Gasteiger partial charge in [-0.25, -0.2) is 9.97 Å². The first-order valence-electron chi connectivity index (χ1n) is 11.9. The lowest BCUT2D eigenvalue weighted by Gasteiger charge is -2.33. The minimum atomic E-state index is -0.0595. The van der Waals surface area contributed by atoms with Crippen molar-refractivity contribution in [1.82, 2.24) is 24.4 Å². The van der Waals surface area contributed by atoms with Gasteiger partial charge < -0.3 is 14.8 Å². The number of carbonyl (C=O) groups excluding carboxylic acids is 1. The van der Waals surface area contributed by atoms with Crippen molar-refractivity contribution in [3.63, 3.8) is 0 Å². The Hall–Kier alpha value is -3.22. The SMILES string of the molecule is CCc1nccn1C[C@@H](C)C(=O)N1CCC(c2cc(Nc3cccc(C)n3)cc(C)n2)CC1. The summed E-state index contributed by atoms with van der Waals surface area (Å²) in [6.07, 6.45) is 6.52. The van der Waals surface area contributed by atoms with Gasteiger partial charge in [0.1, 0.15) is 11.6 Å². The molecule has 1 atom stereocenters. The minimum Gasteiger partial charge on any atom is -0.342 e. The lowest BCUT2D eigenvalue weighted by Crippen LogP contribution is -2.41. The van der Waals surface area contributed by atoms with Crippen molar-refractivity contribution in [3.05, 3.63) is 65.6 Å². The topological polar surface area (TPSA) is 75.9 Å². The largest absolute Gasteiger partial charge is 0.342 e. The zero-order chi connectivity index (χ0) is 23.4. The van der Waals surface area contributed by atoms with Crippen LogP contribution in [0.2, 0.25) is 0 Å². The highest BCUT2D eigenvalue weighted by atomic mass is 16.2. The Labute approximate surface area is 196 Å². The average molecular weight is 447 g/mol.